The summed E-state index contributed by atoms with van der Waals surface area (Å²) in [6.45, 7) is 0.463. The second-order valence-electron chi connectivity index (χ2n) is 8.96. The fraction of sp³-hybridized carbons (Fsp3) is 0.148. The maximum Gasteiger partial charge on any atom is 0.257 e. The molecule has 2 heterocycles. The monoisotopic (exact) mass is 596 g/mol. The summed E-state index contributed by atoms with van der Waals surface area (Å²) in [5, 5.41) is 6.04. The summed E-state index contributed by atoms with van der Waals surface area (Å²) in [6.07, 6.45) is 2.01. The van der Waals surface area contributed by atoms with E-state index < -0.39 is 31.5 Å². The Bertz CT molecular complexity index is 1830. The fourth-order valence-corrected chi connectivity index (χ4v) is 7.97. The number of amides is 2. The van der Waals surface area contributed by atoms with Gasteiger partial charge >= 0.3 is 0 Å². The minimum Gasteiger partial charge on any atom is -0.347 e. The van der Waals surface area contributed by atoms with Crippen molar-refractivity contribution in [2.24, 2.45) is 5.73 Å². The maximum absolute atomic E-state index is 13.1. The molecule has 0 fully saturated rings. The quantitative estimate of drug-likeness (QED) is 0.279. The molecular weight excluding hydrogens is 573 g/mol. The van der Waals surface area contributed by atoms with Gasteiger partial charge in [-0.15, -0.1) is 11.3 Å². The molecule has 4 aromatic rings. The molecule has 4 N–H and O–H groups in total. The van der Waals surface area contributed by atoms with E-state index in [0.717, 1.165) is 10.4 Å². The first-order valence-electron chi connectivity index (χ1n) is 12.2. The molecule has 1 aliphatic heterocycles. The van der Waals surface area contributed by atoms with E-state index in [0.29, 0.717) is 18.0 Å². The van der Waals surface area contributed by atoms with Crippen LogP contribution >= 0.6 is 11.3 Å². The Kier molecular flexibility index (Phi) is 7.55. The standard InChI is InChI=1S/C27H24N4O6S3/c28-12-3-13-39(34,35)20-9-6-17(7-10-20)27-30-16-19(38-27)15-29-25(32)18-8-11-24-22(14-18)31-26(33)21-4-1-2-5-23(21)40(24,36)37/h1-2,4-11,14,16H,3,12-13,15,28H2,(H,29,32)(H,31,33). The number of thiazole rings is 1. The van der Waals surface area contributed by atoms with Gasteiger partial charge in [0.25, 0.3) is 11.8 Å². The molecule has 0 bridgehead atoms. The highest BCUT2D eigenvalue weighted by Crippen LogP contribution is 2.34. The summed E-state index contributed by atoms with van der Waals surface area (Å²) in [5.74, 6) is -1.05. The van der Waals surface area contributed by atoms with Crippen LogP contribution in [0, 0.1) is 0 Å². The maximum atomic E-state index is 13.1. The smallest absolute Gasteiger partial charge is 0.257 e. The number of carbonyl (C=O) groups excluding carboxylic acids is 2. The van der Waals surface area contributed by atoms with Gasteiger partial charge in [0, 0.05) is 22.2 Å². The fourth-order valence-electron chi connectivity index (χ4n) is 4.19. The van der Waals surface area contributed by atoms with Crippen LogP contribution in [0.4, 0.5) is 5.69 Å². The molecule has 206 valence electrons. The zero-order valence-electron chi connectivity index (χ0n) is 21.0. The van der Waals surface area contributed by atoms with Crippen LogP contribution in [0.3, 0.4) is 0 Å². The number of benzene rings is 3. The number of anilines is 1. The molecule has 2 amide bonds. The van der Waals surface area contributed by atoms with E-state index >= 15 is 0 Å². The average molecular weight is 597 g/mol. The molecule has 1 aliphatic rings. The Balaban J connectivity index is 1.28. The van der Waals surface area contributed by atoms with Crippen molar-refractivity contribution >= 4 is 48.5 Å². The average Bonchev–Trinajstić information content (AvgIpc) is 3.41. The first-order chi connectivity index (χ1) is 19.1. The van der Waals surface area contributed by atoms with Crippen LogP contribution in [-0.4, -0.2) is 45.9 Å². The van der Waals surface area contributed by atoms with E-state index in [1.165, 1.54) is 41.7 Å². The second-order valence-corrected chi connectivity index (χ2v) is 14.1. The van der Waals surface area contributed by atoms with Crippen molar-refractivity contribution in [2.45, 2.75) is 27.7 Å². The Morgan fingerprint density at radius 2 is 1.77 bits per heavy atom. The van der Waals surface area contributed by atoms with E-state index in [2.05, 4.69) is 15.6 Å². The van der Waals surface area contributed by atoms with Crippen LogP contribution in [-0.2, 0) is 26.2 Å². The lowest BCUT2D eigenvalue weighted by Gasteiger charge is -2.10. The van der Waals surface area contributed by atoms with Crippen molar-refractivity contribution in [3.8, 4) is 10.6 Å². The van der Waals surface area contributed by atoms with Crippen molar-refractivity contribution in [1.82, 2.24) is 10.3 Å². The molecular formula is C27H24N4O6S3. The van der Waals surface area contributed by atoms with Crippen molar-refractivity contribution < 1.29 is 26.4 Å². The Hall–Kier alpha value is -3.91. The van der Waals surface area contributed by atoms with Gasteiger partial charge in [-0.1, -0.05) is 24.3 Å². The number of fused-ring (bicyclic) bond motifs is 2. The largest absolute Gasteiger partial charge is 0.347 e. The van der Waals surface area contributed by atoms with Gasteiger partial charge in [0.15, 0.2) is 9.84 Å². The lowest BCUT2D eigenvalue weighted by Crippen LogP contribution is -2.22. The third-order valence-corrected chi connectivity index (χ3v) is 11.0. The highest BCUT2D eigenvalue weighted by atomic mass is 32.2. The van der Waals surface area contributed by atoms with Crippen LogP contribution in [0.2, 0.25) is 0 Å². The third-order valence-electron chi connectivity index (χ3n) is 6.25. The molecule has 40 heavy (non-hydrogen) atoms. The summed E-state index contributed by atoms with van der Waals surface area (Å²) < 4.78 is 51.0. The van der Waals surface area contributed by atoms with E-state index in [4.69, 9.17) is 5.73 Å². The van der Waals surface area contributed by atoms with Gasteiger partial charge < -0.3 is 16.4 Å². The number of nitrogens with two attached hydrogens (primary N) is 1. The van der Waals surface area contributed by atoms with Crippen LogP contribution in [0.5, 0.6) is 0 Å². The van der Waals surface area contributed by atoms with Crippen LogP contribution < -0.4 is 16.4 Å². The van der Waals surface area contributed by atoms with Gasteiger partial charge in [-0.3, -0.25) is 9.59 Å². The number of nitrogens with one attached hydrogen (secondary N) is 2. The van der Waals surface area contributed by atoms with E-state index in [-0.39, 0.29) is 43.8 Å². The number of carbonyl (C=O) groups is 2. The van der Waals surface area contributed by atoms with E-state index in [1.54, 1.807) is 42.6 Å². The molecule has 0 spiro atoms. The molecule has 0 unspecified atom stereocenters. The first kappa shape index (κ1) is 27.6. The molecule has 1 aromatic heterocycles. The van der Waals surface area contributed by atoms with Crippen molar-refractivity contribution in [3.63, 3.8) is 0 Å². The van der Waals surface area contributed by atoms with Crippen LogP contribution in [0.25, 0.3) is 10.6 Å². The molecule has 5 rings (SSSR count). The van der Waals surface area contributed by atoms with Gasteiger partial charge in [0.05, 0.1) is 38.2 Å². The normalized spacial score (nSPS) is 14.0. The first-order valence-corrected chi connectivity index (χ1v) is 16.1. The summed E-state index contributed by atoms with van der Waals surface area (Å²) in [6, 6.07) is 16.4. The lowest BCUT2D eigenvalue weighted by molar-refractivity contribution is 0.0949. The topological polar surface area (TPSA) is 165 Å². The van der Waals surface area contributed by atoms with Crippen molar-refractivity contribution in [1.29, 1.82) is 0 Å². The van der Waals surface area contributed by atoms with Gasteiger partial charge in [-0.2, -0.15) is 0 Å². The number of rotatable bonds is 8. The molecule has 0 atom stereocenters. The molecule has 0 saturated carbocycles. The number of nitrogens with zero attached hydrogens (tertiary/aromatic N) is 1. The molecule has 0 saturated heterocycles. The van der Waals surface area contributed by atoms with Gasteiger partial charge in [0.2, 0.25) is 9.84 Å². The van der Waals surface area contributed by atoms with Crippen molar-refractivity contribution in [2.75, 3.05) is 17.6 Å². The van der Waals surface area contributed by atoms with Gasteiger partial charge in [-0.05, 0) is 55.4 Å². The molecule has 0 radical (unpaired) electrons. The molecule has 3 aromatic carbocycles. The van der Waals surface area contributed by atoms with Crippen LogP contribution in [0.1, 0.15) is 32.0 Å². The van der Waals surface area contributed by atoms with Gasteiger partial charge in [-0.25, -0.2) is 21.8 Å². The molecule has 10 nitrogen and oxygen atoms in total. The predicted octanol–water partition coefficient (Wildman–Crippen LogP) is 3.26. The van der Waals surface area contributed by atoms with Gasteiger partial charge in [0.1, 0.15) is 5.01 Å². The highest BCUT2D eigenvalue weighted by molar-refractivity contribution is 7.92. The van der Waals surface area contributed by atoms with Crippen LogP contribution in [0.15, 0.2) is 87.6 Å². The summed E-state index contributed by atoms with van der Waals surface area (Å²) in [4.78, 5) is 30.7. The van der Waals surface area contributed by atoms with Crippen molar-refractivity contribution in [3.05, 3.63) is 88.9 Å². The molecule has 13 heteroatoms. The van der Waals surface area contributed by atoms with E-state index in [9.17, 15) is 26.4 Å². The third kappa shape index (κ3) is 5.41. The Labute approximate surface area is 235 Å². The minimum atomic E-state index is -3.97. The summed E-state index contributed by atoms with van der Waals surface area (Å²) in [7, 11) is -7.36. The summed E-state index contributed by atoms with van der Waals surface area (Å²) in [5.41, 5.74) is 6.40. The molecule has 0 aliphatic carbocycles. The number of hydrogen-bond acceptors (Lipinski definition) is 9. The predicted molar refractivity (Wildman–Crippen MR) is 151 cm³/mol. The number of hydrogen-bond donors (Lipinski definition) is 3. The zero-order valence-corrected chi connectivity index (χ0v) is 23.4. The highest BCUT2D eigenvalue weighted by Gasteiger charge is 2.31. The Morgan fingerprint density at radius 1 is 1.02 bits per heavy atom. The minimum absolute atomic E-state index is 0.00992. The van der Waals surface area contributed by atoms with E-state index in [1.807, 2.05) is 0 Å². The Morgan fingerprint density at radius 3 is 2.52 bits per heavy atom. The summed E-state index contributed by atoms with van der Waals surface area (Å²) >= 11 is 1.34. The second kappa shape index (κ2) is 10.9. The lowest BCUT2D eigenvalue weighted by atomic mass is 10.1. The number of aromatic nitrogens is 1. The zero-order chi connectivity index (χ0) is 28.5. The number of sulfone groups is 2. The SMILES string of the molecule is NCCCS(=O)(=O)c1ccc(-c2ncc(CNC(=O)c3ccc4c(c3)NC(=O)c3ccccc3S4(=O)=O)s2)cc1.